The molecule has 7 nitrogen and oxygen atoms in total. The SMILES string of the molecule is Cc1noc(C)c1CN1CCN(S(=O)(=O)c2cccnc2)CC1. The number of nitrogens with zero attached hydrogens (tertiary/aromatic N) is 4. The van der Waals surface area contributed by atoms with Crippen LogP contribution in [0.2, 0.25) is 0 Å². The molecule has 2 aromatic rings. The van der Waals surface area contributed by atoms with E-state index in [1.54, 1.807) is 18.3 Å². The Labute approximate surface area is 136 Å². The predicted octanol–water partition coefficient (Wildman–Crippen LogP) is 1.19. The Morgan fingerprint density at radius 3 is 2.52 bits per heavy atom. The van der Waals surface area contributed by atoms with Crippen molar-refractivity contribution in [1.82, 2.24) is 19.3 Å². The molecule has 0 bridgehead atoms. The lowest BCUT2D eigenvalue weighted by Crippen LogP contribution is -2.48. The highest BCUT2D eigenvalue weighted by Gasteiger charge is 2.29. The van der Waals surface area contributed by atoms with Gasteiger partial charge in [-0.25, -0.2) is 8.42 Å². The zero-order valence-electron chi connectivity index (χ0n) is 13.3. The van der Waals surface area contributed by atoms with Gasteiger partial charge in [0.15, 0.2) is 0 Å². The van der Waals surface area contributed by atoms with E-state index in [4.69, 9.17) is 4.52 Å². The predicted molar refractivity (Wildman–Crippen MR) is 84.2 cm³/mol. The fourth-order valence-corrected chi connectivity index (χ4v) is 4.11. The first-order chi connectivity index (χ1) is 11.0. The van der Waals surface area contributed by atoms with Crippen molar-refractivity contribution in [3.63, 3.8) is 0 Å². The van der Waals surface area contributed by atoms with Crippen molar-refractivity contribution in [3.8, 4) is 0 Å². The minimum atomic E-state index is -3.45. The number of aromatic nitrogens is 2. The van der Waals surface area contributed by atoms with Gasteiger partial charge < -0.3 is 4.52 Å². The van der Waals surface area contributed by atoms with Gasteiger partial charge in [0, 0.05) is 50.7 Å². The highest BCUT2D eigenvalue weighted by atomic mass is 32.2. The molecular formula is C15H20N4O3S. The van der Waals surface area contributed by atoms with Gasteiger partial charge in [0.1, 0.15) is 10.7 Å². The van der Waals surface area contributed by atoms with Crippen LogP contribution in [0.25, 0.3) is 0 Å². The van der Waals surface area contributed by atoms with Crippen LogP contribution in [0.1, 0.15) is 17.0 Å². The van der Waals surface area contributed by atoms with Crippen LogP contribution in [0.5, 0.6) is 0 Å². The van der Waals surface area contributed by atoms with Gasteiger partial charge in [-0.3, -0.25) is 9.88 Å². The molecule has 3 heterocycles. The number of aryl methyl sites for hydroxylation is 2. The molecule has 23 heavy (non-hydrogen) atoms. The molecule has 0 radical (unpaired) electrons. The van der Waals surface area contributed by atoms with E-state index in [2.05, 4.69) is 15.0 Å². The molecule has 0 amide bonds. The molecule has 3 rings (SSSR count). The topological polar surface area (TPSA) is 79.5 Å². The maximum absolute atomic E-state index is 12.6. The average molecular weight is 336 g/mol. The molecule has 1 aliphatic rings. The van der Waals surface area contributed by atoms with Crippen molar-refractivity contribution in [1.29, 1.82) is 0 Å². The summed E-state index contributed by atoms with van der Waals surface area (Å²) in [5.41, 5.74) is 1.99. The van der Waals surface area contributed by atoms with Crippen LogP contribution < -0.4 is 0 Å². The van der Waals surface area contributed by atoms with E-state index in [0.717, 1.165) is 23.6 Å². The number of rotatable bonds is 4. The molecule has 1 saturated heterocycles. The first-order valence-electron chi connectivity index (χ1n) is 7.53. The van der Waals surface area contributed by atoms with E-state index < -0.39 is 10.0 Å². The standard InChI is InChI=1S/C15H20N4O3S/c1-12-15(13(2)22-17-12)11-18-6-8-19(9-7-18)23(20,21)14-4-3-5-16-10-14/h3-5,10H,6-9,11H2,1-2H3. The van der Waals surface area contributed by atoms with Crippen molar-refractivity contribution in [2.75, 3.05) is 26.2 Å². The fourth-order valence-electron chi connectivity index (χ4n) is 2.73. The smallest absolute Gasteiger partial charge is 0.244 e. The summed E-state index contributed by atoms with van der Waals surface area (Å²) in [6, 6.07) is 3.22. The maximum Gasteiger partial charge on any atom is 0.244 e. The lowest BCUT2D eigenvalue weighted by molar-refractivity contribution is 0.180. The van der Waals surface area contributed by atoms with Gasteiger partial charge in [0.2, 0.25) is 10.0 Å². The summed E-state index contributed by atoms with van der Waals surface area (Å²) in [6.07, 6.45) is 2.96. The molecule has 0 N–H and O–H groups in total. The quantitative estimate of drug-likeness (QED) is 0.834. The van der Waals surface area contributed by atoms with Crippen LogP contribution in [0.4, 0.5) is 0 Å². The van der Waals surface area contributed by atoms with Crippen molar-refractivity contribution < 1.29 is 12.9 Å². The van der Waals surface area contributed by atoms with Crippen LogP contribution >= 0.6 is 0 Å². The first-order valence-corrected chi connectivity index (χ1v) is 8.97. The van der Waals surface area contributed by atoms with Gasteiger partial charge in [-0.2, -0.15) is 4.31 Å². The summed E-state index contributed by atoms with van der Waals surface area (Å²) in [6.45, 7) is 6.88. The largest absolute Gasteiger partial charge is 0.361 e. The summed E-state index contributed by atoms with van der Waals surface area (Å²) in [4.78, 5) is 6.37. The molecule has 0 spiro atoms. The van der Waals surface area contributed by atoms with E-state index in [-0.39, 0.29) is 4.90 Å². The van der Waals surface area contributed by atoms with Gasteiger partial charge in [-0.05, 0) is 26.0 Å². The van der Waals surface area contributed by atoms with Crippen LogP contribution in [-0.4, -0.2) is 53.9 Å². The van der Waals surface area contributed by atoms with Crippen molar-refractivity contribution in [2.45, 2.75) is 25.3 Å². The Hall–Kier alpha value is -1.77. The fraction of sp³-hybridized carbons (Fsp3) is 0.467. The van der Waals surface area contributed by atoms with Crippen LogP contribution in [0.3, 0.4) is 0 Å². The Kier molecular flexibility index (Phi) is 4.47. The molecular weight excluding hydrogens is 316 g/mol. The van der Waals surface area contributed by atoms with E-state index in [9.17, 15) is 8.42 Å². The third kappa shape index (κ3) is 3.29. The molecule has 0 aliphatic carbocycles. The first kappa shape index (κ1) is 16.1. The number of hydrogen-bond acceptors (Lipinski definition) is 6. The summed E-state index contributed by atoms with van der Waals surface area (Å²) in [5, 5.41) is 3.96. The minimum Gasteiger partial charge on any atom is -0.361 e. The summed E-state index contributed by atoms with van der Waals surface area (Å²) in [5.74, 6) is 0.827. The summed E-state index contributed by atoms with van der Waals surface area (Å²) < 4.78 is 31.8. The molecule has 124 valence electrons. The maximum atomic E-state index is 12.6. The second kappa shape index (κ2) is 6.38. The summed E-state index contributed by atoms with van der Waals surface area (Å²) in [7, 11) is -3.45. The third-order valence-electron chi connectivity index (χ3n) is 4.17. The second-order valence-electron chi connectivity index (χ2n) is 5.67. The Balaban J connectivity index is 1.65. The highest BCUT2D eigenvalue weighted by Crippen LogP contribution is 2.19. The molecule has 0 unspecified atom stereocenters. The van der Waals surface area contributed by atoms with Gasteiger partial charge in [0.25, 0.3) is 0 Å². The Morgan fingerprint density at radius 2 is 1.96 bits per heavy atom. The monoisotopic (exact) mass is 336 g/mol. The molecule has 0 atom stereocenters. The van der Waals surface area contributed by atoms with E-state index in [1.165, 1.54) is 10.5 Å². The van der Waals surface area contributed by atoms with E-state index in [0.29, 0.717) is 26.2 Å². The minimum absolute atomic E-state index is 0.249. The zero-order chi connectivity index (χ0) is 16.4. The zero-order valence-corrected chi connectivity index (χ0v) is 14.1. The van der Waals surface area contributed by atoms with E-state index in [1.807, 2.05) is 13.8 Å². The lowest BCUT2D eigenvalue weighted by Gasteiger charge is -2.33. The Bertz CT molecular complexity index is 746. The molecule has 1 fully saturated rings. The van der Waals surface area contributed by atoms with Crippen LogP contribution in [0, 0.1) is 13.8 Å². The van der Waals surface area contributed by atoms with Crippen LogP contribution in [-0.2, 0) is 16.6 Å². The number of piperazine rings is 1. The second-order valence-corrected chi connectivity index (χ2v) is 7.61. The molecule has 0 saturated carbocycles. The number of pyridine rings is 1. The third-order valence-corrected chi connectivity index (χ3v) is 6.05. The normalized spacial score (nSPS) is 17.5. The van der Waals surface area contributed by atoms with Crippen molar-refractivity contribution >= 4 is 10.0 Å². The Morgan fingerprint density at radius 1 is 1.22 bits per heavy atom. The van der Waals surface area contributed by atoms with Crippen molar-refractivity contribution in [2.24, 2.45) is 0 Å². The van der Waals surface area contributed by atoms with Crippen molar-refractivity contribution in [3.05, 3.63) is 41.5 Å². The van der Waals surface area contributed by atoms with Crippen LogP contribution in [0.15, 0.2) is 33.9 Å². The molecule has 0 aromatic carbocycles. The van der Waals surface area contributed by atoms with Gasteiger partial charge in [0.05, 0.1) is 5.69 Å². The van der Waals surface area contributed by atoms with Gasteiger partial charge >= 0.3 is 0 Å². The number of hydrogen-bond donors (Lipinski definition) is 0. The van der Waals surface area contributed by atoms with Gasteiger partial charge in [-0.15, -0.1) is 0 Å². The lowest BCUT2D eigenvalue weighted by atomic mass is 10.2. The number of sulfonamides is 1. The van der Waals surface area contributed by atoms with Gasteiger partial charge in [-0.1, -0.05) is 5.16 Å². The molecule has 8 heteroatoms. The average Bonchev–Trinajstić information content (AvgIpc) is 2.88. The molecule has 2 aromatic heterocycles. The summed E-state index contributed by atoms with van der Waals surface area (Å²) >= 11 is 0. The molecule has 1 aliphatic heterocycles. The van der Waals surface area contributed by atoms with E-state index >= 15 is 0 Å². The highest BCUT2D eigenvalue weighted by molar-refractivity contribution is 7.89.